The second-order valence-corrected chi connectivity index (χ2v) is 7.93. The monoisotopic (exact) mass is 297 g/mol. The van der Waals surface area contributed by atoms with Crippen LogP contribution in [0.3, 0.4) is 0 Å². The van der Waals surface area contributed by atoms with Crippen molar-refractivity contribution in [2.45, 2.75) is 44.1 Å². The molecule has 0 spiro atoms. The number of ether oxygens (including phenoxy) is 1. The maximum absolute atomic E-state index is 11.7. The highest BCUT2D eigenvalue weighted by atomic mass is 32.2. The number of benzene rings is 1. The number of para-hydroxylation sites is 1. The first kappa shape index (κ1) is 15.2. The van der Waals surface area contributed by atoms with Gasteiger partial charge in [0.25, 0.3) is 0 Å². The van der Waals surface area contributed by atoms with Gasteiger partial charge in [-0.1, -0.05) is 19.9 Å². The summed E-state index contributed by atoms with van der Waals surface area (Å²) < 4.78 is 29.3. The Morgan fingerprint density at radius 3 is 2.50 bits per heavy atom. The van der Waals surface area contributed by atoms with Gasteiger partial charge < -0.3 is 10.5 Å². The number of hydrogen-bond donors (Lipinski definition) is 1. The largest absolute Gasteiger partial charge is 0.488 e. The van der Waals surface area contributed by atoms with Crippen molar-refractivity contribution < 1.29 is 13.2 Å². The third-order valence-corrected chi connectivity index (χ3v) is 5.42. The molecule has 0 heterocycles. The van der Waals surface area contributed by atoms with Crippen molar-refractivity contribution in [3.05, 3.63) is 18.2 Å². The molecule has 0 bridgehead atoms. The molecule has 1 saturated carbocycles. The minimum atomic E-state index is -3.32. The van der Waals surface area contributed by atoms with Gasteiger partial charge in [0.1, 0.15) is 5.75 Å². The summed E-state index contributed by atoms with van der Waals surface area (Å²) in [5.41, 5.74) is 6.17. The van der Waals surface area contributed by atoms with Gasteiger partial charge in [0, 0.05) is 6.26 Å². The SMILES string of the molecule is CC1CCC(Oc2cccc(S(C)(=O)=O)c2N)CC1C. The van der Waals surface area contributed by atoms with Crippen LogP contribution in [0.5, 0.6) is 5.75 Å². The molecule has 112 valence electrons. The zero-order valence-corrected chi connectivity index (χ0v) is 13.1. The topological polar surface area (TPSA) is 69.4 Å². The van der Waals surface area contributed by atoms with Crippen molar-refractivity contribution in [2.75, 3.05) is 12.0 Å². The Balaban J connectivity index is 2.19. The minimum Gasteiger partial charge on any atom is -0.488 e. The van der Waals surface area contributed by atoms with Gasteiger partial charge in [-0.25, -0.2) is 8.42 Å². The van der Waals surface area contributed by atoms with Crippen molar-refractivity contribution in [1.29, 1.82) is 0 Å². The molecular weight excluding hydrogens is 274 g/mol. The lowest BCUT2D eigenvalue weighted by molar-refractivity contribution is 0.101. The Morgan fingerprint density at radius 1 is 1.20 bits per heavy atom. The summed E-state index contributed by atoms with van der Waals surface area (Å²) >= 11 is 0. The van der Waals surface area contributed by atoms with Crippen LogP contribution in [0.15, 0.2) is 23.1 Å². The molecule has 4 nitrogen and oxygen atoms in total. The van der Waals surface area contributed by atoms with Crippen LogP contribution in [-0.4, -0.2) is 20.8 Å². The van der Waals surface area contributed by atoms with E-state index in [-0.39, 0.29) is 16.7 Å². The first-order valence-corrected chi connectivity index (χ1v) is 8.93. The summed E-state index contributed by atoms with van der Waals surface area (Å²) in [6.45, 7) is 4.50. The molecule has 1 aliphatic carbocycles. The van der Waals surface area contributed by atoms with E-state index in [9.17, 15) is 8.42 Å². The maximum atomic E-state index is 11.7. The van der Waals surface area contributed by atoms with E-state index in [1.165, 1.54) is 6.07 Å². The van der Waals surface area contributed by atoms with Gasteiger partial charge in [0.05, 0.1) is 16.7 Å². The summed E-state index contributed by atoms with van der Waals surface area (Å²) in [4.78, 5) is 0.146. The van der Waals surface area contributed by atoms with Gasteiger partial charge in [0.15, 0.2) is 9.84 Å². The van der Waals surface area contributed by atoms with E-state index in [2.05, 4.69) is 13.8 Å². The molecule has 2 N–H and O–H groups in total. The lowest BCUT2D eigenvalue weighted by Gasteiger charge is -2.32. The van der Waals surface area contributed by atoms with Crippen LogP contribution >= 0.6 is 0 Å². The van der Waals surface area contributed by atoms with Crippen LogP contribution in [0.4, 0.5) is 5.69 Å². The lowest BCUT2D eigenvalue weighted by Crippen LogP contribution is -2.29. The van der Waals surface area contributed by atoms with Crippen molar-refractivity contribution in [3.8, 4) is 5.75 Å². The molecule has 1 aromatic rings. The van der Waals surface area contributed by atoms with Gasteiger partial charge >= 0.3 is 0 Å². The Kier molecular flexibility index (Phi) is 4.28. The summed E-state index contributed by atoms with van der Waals surface area (Å²) in [5, 5.41) is 0. The van der Waals surface area contributed by atoms with E-state index < -0.39 is 9.84 Å². The van der Waals surface area contributed by atoms with E-state index in [0.717, 1.165) is 31.4 Å². The fourth-order valence-corrected chi connectivity index (χ4v) is 3.56. The average molecular weight is 297 g/mol. The predicted octanol–water partition coefficient (Wildman–Crippen LogP) is 2.88. The Bertz CT molecular complexity index is 583. The van der Waals surface area contributed by atoms with Gasteiger partial charge in [-0.15, -0.1) is 0 Å². The minimum absolute atomic E-state index is 0.123. The molecule has 5 heteroatoms. The fourth-order valence-electron chi connectivity index (χ4n) is 2.73. The molecule has 0 amide bonds. The second kappa shape index (κ2) is 5.64. The van der Waals surface area contributed by atoms with Crippen molar-refractivity contribution in [3.63, 3.8) is 0 Å². The lowest BCUT2D eigenvalue weighted by atomic mass is 9.80. The van der Waals surface area contributed by atoms with Crippen molar-refractivity contribution in [1.82, 2.24) is 0 Å². The van der Waals surface area contributed by atoms with E-state index >= 15 is 0 Å². The second-order valence-electron chi connectivity index (χ2n) is 5.95. The standard InChI is InChI=1S/C15H23NO3S/c1-10-7-8-12(9-11(10)2)19-13-5-4-6-14(15(13)16)20(3,17)18/h4-6,10-12H,7-9,16H2,1-3H3. The number of nitrogen functional groups attached to an aromatic ring is 1. The van der Waals surface area contributed by atoms with E-state index in [4.69, 9.17) is 10.5 Å². The molecule has 1 aromatic carbocycles. The van der Waals surface area contributed by atoms with Gasteiger partial charge in [-0.2, -0.15) is 0 Å². The van der Waals surface area contributed by atoms with Crippen LogP contribution in [0.1, 0.15) is 33.1 Å². The first-order chi connectivity index (χ1) is 9.29. The number of sulfone groups is 1. The highest BCUT2D eigenvalue weighted by Gasteiger charge is 2.26. The quantitative estimate of drug-likeness (QED) is 0.871. The maximum Gasteiger partial charge on any atom is 0.177 e. The Labute approximate surface area is 121 Å². The predicted molar refractivity (Wildman–Crippen MR) is 80.6 cm³/mol. The van der Waals surface area contributed by atoms with Crippen molar-refractivity contribution >= 4 is 15.5 Å². The Hall–Kier alpha value is -1.23. The summed E-state index contributed by atoms with van der Waals surface area (Å²) in [7, 11) is -3.32. The molecule has 2 rings (SSSR count). The normalized spacial score (nSPS) is 27.2. The van der Waals surface area contributed by atoms with Crippen LogP contribution < -0.4 is 10.5 Å². The van der Waals surface area contributed by atoms with Gasteiger partial charge in [-0.3, -0.25) is 0 Å². The summed E-state index contributed by atoms with van der Waals surface area (Å²) in [6.07, 6.45) is 4.40. The zero-order valence-electron chi connectivity index (χ0n) is 12.3. The molecule has 20 heavy (non-hydrogen) atoms. The van der Waals surface area contributed by atoms with Crippen molar-refractivity contribution in [2.24, 2.45) is 11.8 Å². The number of hydrogen-bond acceptors (Lipinski definition) is 4. The molecule has 0 radical (unpaired) electrons. The molecular formula is C15H23NO3S. The zero-order chi connectivity index (χ0) is 14.9. The molecule has 3 unspecified atom stereocenters. The highest BCUT2D eigenvalue weighted by molar-refractivity contribution is 7.90. The van der Waals surface area contributed by atoms with Crippen LogP contribution in [0.25, 0.3) is 0 Å². The van der Waals surface area contributed by atoms with E-state index in [1.807, 2.05) is 0 Å². The fraction of sp³-hybridized carbons (Fsp3) is 0.600. The molecule has 1 aliphatic rings. The molecule has 0 aliphatic heterocycles. The number of anilines is 1. The summed E-state index contributed by atoms with van der Waals surface area (Å²) in [6, 6.07) is 4.94. The van der Waals surface area contributed by atoms with Gasteiger partial charge in [-0.05, 0) is 43.2 Å². The van der Waals surface area contributed by atoms with Crippen LogP contribution in [-0.2, 0) is 9.84 Å². The molecule has 3 atom stereocenters. The molecule has 1 fully saturated rings. The first-order valence-electron chi connectivity index (χ1n) is 7.04. The number of nitrogens with two attached hydrogens (primary N) is 1. The molecule has 0 saturated heterocycles. The number of rotatable bonds is 3. The average Bonchev–Trinajstić information content (AvgIpc) is 2.35. The van der Waals surface area contributed by atoms with E-state index in [0.29, 0.717) is 11.7 Å². The molecule has 0 aromatic heterocycles. The third kappa shape index (κ3) is 3.26. The third-order valence-electron chi connectivity index (χ3n) is 4.27. The Morgan fingerprint density at radius 2 is 1.90 bits per heavy atom. The van der Waals surface area contributed by atoms with Crippen LogP contribution in [0.2, 0.25) is 0 Å². The smallest absolute Gasteiger partial charge is 0.177 e. The summed E-state index contributed by atoms with van der Waals surface area (Å²) in [5.74, 6) is 1.82. The highest BCUT2D eigenvalue weighted by Crippen LogP contribution is 2.35. The van der Waals surface area contributed by atoms with E-state index in [1.54, 1.807) is 12.1 Å². The van der Waals surface area contributed by atoms with Crippen LogP contribution in [0, 0.1) is 11.8 Å². The van der Waals surface area contributed by atoms with Gasteiger partial charge in [0.2, 0.25) is 0 Å².